The zero-order valence-corrected chi connectivity index (χ0v) is 24.7. The molecule has 0 saturated carbocycles. The number of hydrogen-bond acceptors (Lipinski definition) is 7. The second-order valence-corrected chi connectivity index (χ2v) is 12.1. The lowest BCUT2D eigenvalue weighted by Crippen LogP contribution is -2.40. The first-order valence-electron chi connectivity index (χ1n) is 13.9. The van der Waals surface area contributed by atoms with E-state index in [1.165, 1.54) is 5.56 Å². The van der Waals surface area contributed by atoms with Crippen LogP contribution in [0.4, 0.5) is 11.5 Å². The van der Waals surface area contributed by atoms with E-state index in [0.29, 0.717) is 26.2 Å². The fourth-order valence-corrected chi connectivity index (χ4v) is 6.90. The lowest BCUT2D eigenvalue weighted by atomic mass is 9.92. The number of carbonyl (C=O) groups is 2. The predicted molar refractivity (Wildman–Crippen MR) is 164 cm³/mol. The van der Waals surface area contributed by atoms with Crippen molar-refractivity contribution < 1.29 is 14.3 Å². The van der Waals surface area contributed by atoms with Crippen LogP contribution in [-0.2, 0) is 33.7 Å². The number of thiophene rings is 1. The minimum atomic E-state index is -0.0417. The summed E-state index contributed by atoms with van der Waals surface area (Å²) in [4.78, 5) is 38.9. The van der Waals surface area contributed by atoms with Gasteiger partial charge in [-0.3, -0.25) is 9.59 Å². The minimum absolute atomic E-state index is 0.0417. The second-order valence-electron chi connectivity index (χ2n) is 10.6. The van der Waals surface area contributed by atoms with Gasteiger partial charge < -0.3 is 19.9 Å². The van der Waals surface area contributed by atoms with Crippen LogP contribution in [0.15, 0.2) is 48.5 Å². The Hall–Kier alpha value is -3.53. The molecular formula is C31H32ClN5O3S. The van der Waals surface area contributed by atoms with Crippen LogP contribution in [0.25, 0.3) is 21.3 Å². The van der Waals surface area contributed by atoms with Gasteiger partial charge in [0.05, 0.1) is 36.4 Å². The van der Waals surface area contributed by atoms with Crippen molar-refractivity contribution in [2.75, 3.05) is 36.1 Å². The van der Waals surface area contributed by atoms with Crippen LogP contribution >= 0.6 is 22.9 Å². The van der Waals surface area contributed by atoms with Gasteiger partial charge >= 0.3 is 0 Å². The van der Waals surface area contributed by atoms with E-state index in [2.05, 4.69) is 57.4 Å². The van der Waals surface area contributed by atoms with E-state index in [1.54, 1.807) is 18.3 Å². The van der Waals surface area contributed by atoms with E-state index in [1.807, 2.05) is 23.1 Å². The Balaban J connectivity index is 1.09. The number of ether oxygens (including phenoxy) is 1. The predicted octanol–water partition coefficient (Wildman–Crippen LogP) is 5.39. The maximum absolute atomic E-state index is 12.8. The lowest BCUT2D eigenvalue weighted by molar-refractivity contribution is -0.120. The van der Waals surface area contributed by atoms with Gasteiger partial charge in [-0.2, -0.15) is 4.98 Å². The van der Waals surface area contributed by atoms with Gasteiger partial charge in [-0.1, -0.05) is 30.3 Å². The fraction of sp³-hybridized carbons (Fsp3) is 0.355. The average molecular weight is 590 g/mol. The van der Waals surface area contributed by atoms with Crippen molar-refractivity contribution in [2.45, 2.75) is 45.7 Å². The quantitative estimate of drug-likeness (QED) is 0.303. The molecule has 10 heteroatoms. The number of aromatic nitrogens is 2. The summed E-state index contributed by atoms with van der Waals surface area (Å²) in [6, 6.07) is 16.6. The molecule has 2 aromatic heterocycles. The van der Waals surface area contributed by atoms with Crippen molar-refractivity contribution in [1.29, 1.82) is 0 Å². The number of morpholine rings is 1. The first kappa shape index (κ1) is 27.6. The van der Waals surface area contributed by atoms with Crippen LogP contribution in [0, 0.1) is 0 Å². The van der Waals surface area contributed by atoms with Gasteiger partial charge in [0.1, 0.15) is 0 Å². The van der Waals surface area contributed by atoms with Gasteiger partial charge in [0.25, 0.3) is 0 Å². The maximum atomic E-state index is 12.8. The SMILES string of the molecule is CC(=O)N1c2ccc(-c3ccc(CC(=O)NCc4cc5nc(Cl)nc(N6CCOCC6)c5s4)cc3)cc2CC[C@@H]1C. The molecule has 1 fully saturated rings. The Morgan fingerprint density at radius 2 is 1.83 bits per heavy atom. The number of hydrogen-bond donors (Lipinski definition) is 1. The number of aryl methyl sites for hydroxylation is 1. The van der Waals surface area contributed by atoms with Crippen molar-refractivity contribution in [2.24, 2.45) is 0 Å². The lowest BCUT2D eigenvalue weighted by Gasteiger charge is -2.34. The molecule has 41 heavy (non-hydrogen) atoms. The number of amides is 2. The van der Waals surface area contributed by atoms with Gasteiger partial charge in [0.15, 0.2) is 5.82 Å². The summed E-state index contributed by atoms with van der Waals surface area (Å²) in [5.74, 6) is 0.868. The number of nitrogens with one attached hydrogen (secondary N) is 1. The van der Waals surface area contributed by atoms with Gasteiger partial charge in [0, 0.05) is 36.6 Å². The molecule has 4 aromatic rings. The molecule has 0 radical (unpaired) electrons. The van der Waals surface area contributed by atoms with E-state index in [4.69, 9.17) is 16.3 Å². The Morgan fingerprint density at radius 3 is 2.59 bits per heavy atom. The van der Waals surface area contributed by atoms with Crippen LogP contribution < -0.4 is 15.1 Å². The highest BCUT2D eigenvalue weighted by molar-refractivity contribution is 7.19. The van der Waals surface area contributed by atoms with E-state index in [-0.39, 0.29) is 23.1 Å². The van der Waals surface area contributed by atoms with Crippen LogP contribution in [0.3, 0.4) is 0 Å². The standard InChI is InChI=1S/C31H32ClN5O3S/c1-19-3-6-24-16-23(9-10-27(24)37(19)20(2)38)22-7-4-21(5-8-22)15-28(39)33-18-25-17-26-29(41-25)30(35-31(32)34-26)36-11-13-40-14-12-36/h4-5,7-10,16-17,19H,3,6,11-15,18H2,1-2H3,(H,33,39)/t19-/m0/s1. The number of carbonyl (C=O) groups excluding carboxylic acids is 2. The second kappa shape index (κ2) is 11.8. The summed E-state index contributed by atoms with van der Waals surface area (Å²) in [6.07, 6.45) is 2.22. The van der Waals surface area contributed by atoms with Crippen molar-refractivity contribution in [1.82, 2.24) is 15.3 Å². The molecule has 0 spiro atoms. The van der Waals surface area contributed by atoms with E-state index in [9.17, 15) is 9.59 Å². The molecule has 2 aliphatic rings. The largest absolute Gasteiger partial charge is 0.378 e. The van der Waals surface area contributed by atoms with Gasteiger partial charge in [-0.15, -0.1) is 11.3 Å². The molecule has 2 amide bonds. The number of anilines is 2. The Bertz CT molecular complexity index is 1600. The summed E-state index contributed by atoms with van der Waals surface area (Å²) in [5, 5.41) is 3.26. The molecule has 6 rings (SSSR count). The zero-order valence-electron chi connectivity index (χ0n) is 23.2. The van der Waals surface area contributed by atoms with Crippen molar-refractivity contribution in [3.63, 3.8) is 0 Å². The first-order chi connectivity index (χ1) is 19.9. The third-order valence-electron chi connectivity index (χ3n) is 7.75. The monoisotopic (exact) mass is 589 g/mol. The molecule has 1 atom stereocenters. The highest BCUT2D eigenvalue weighted by atomic mass is 35.5. The molecule has 1 saturated heterocycles. The van der Waals surface area contributed by atoms with Crippen LogP contribution in [0.5, 0.6) is 0 Å². The summed E-state index contributed by atoms with van der Waals surface area (Å²) >= 11 is 7.80. The summed E-state index contributed by atoms with van der Waals surface area (Å²) < 4.78 is 6.45. The summed E-state index contributed by atoms with van der Waals surface area (Å²) in [7, 11) is 0. The van der Waals surface area contributed by atoms with Crippen molar-refractivity contribution in [3.8, 4) is 11.1 Å². The zero-order chi connectivity index (χ0) is 28.5. The minimum Gasteiger partial charge on any atom is -0.378 e. The Kier molecular flexibility index (Phi) is 7.92. The molecule has 212 valence electrons. The van der Waals surface area contributed by atoms with Gasteiger partial charge in [-0.25, -0.2) is 4.98 Å². The van der Waals surface area contributed by atoms with Crippen LogP contribution in [0.2, 0.25) is 5.28 Å². The molecule has 0 unspecified atom stereocenters. The molecule has 0 aliphatic carbocycles. The number of rotatable bonds is 6. The third kappa shape index (κ3) is 5.93. The highest BCUT2D eigenvalue weighted by Gasteiger charge is 2.26. The van der Waals surface area contributed by atoms with E-state index >= 15 is 0 Å². The van der Waals surface area contributed by atoms with Crippen molar-refractivity contribution >= 4 is 56.5 Å². The molecule has 1 N–H and O–H groups in total. The topological polar surface area (TPSA) is 87.7 Å². The number of fused-ring (bicyclic) bond motifs is 2. The number of halogens is 1. The first-order valence-corrected chi connectivity index (χ1v) is 15.1. The van der Waals surface area contributed by atoms with E-state index in [0.717, 1.165) is 69.2 Å². The van der Waals surface area contributed by atoms with Crippen molar-refractivity contribution in [3.05, 3.63) is 69.8 Å². The Morgan fingerprint density at radius 1 is 1.07 bits per heavy atom. The molecule has 2 aromatic carbocycles. The smallest absolute Gasteiger partial charge is 0.224 e. The summed E-state index contributed by atoms with van der Waals surface area (Å²) in [6.45, 7) is 6.98. The molecule has 0 bridgehead atoms. The molecule has 8 nitrogen and oxygen atoms in total. The summed E-state index contributed by atoms with van der Waals surface area (Å²) in [5.41, 5.74) is 6.16. The maximum Gasteiger partial charge on any atom is 0.224 e. The van der Waals surface area contributed by atoms with Crippen LogP contribution in [-0.4, -0.2) is 54.1 Å². The molecule has 2 aliphatic heterocycles. The molecular weight excluding hydrogens is 558 g/mol. The van der Waals surface area contributed by atoms with Gasteiger partial charge in [-0.05, 0) is 71.8 Å². The fourth-order valence-electron chi connectivity index (χ4n) is 5.67. The van der Waals surface area contributed by atoms with Crippen LogP contribution in [0.1, 0.15) is 36.3 Å². The number of benzene rings is 2. The normalized spacial score (nSPS) is 17.0. The Labute approximate surface area is 248 Å². The highest BCUT2D eigenvalue weighted by Crippen LogP contribution is 2.35. The number of nitrogens with zero attached hydrogens (tertiary/aromatic N) is 4. The van der Waals surface area contributed by atoms with E-state index < -0.39 is 0 Å². The average Bonchev–Trinajstić information content (AvgIpc) is 3.39. The molecule has 4 heterocycles. The third-order valence-corrected chi connectivity index (χ3v) is 9.04. The van der Waals surface area contributed by atoms with Gasteiger partial charge in [0.2, 0.25) is 17.1 Å².